The van der Waals surface area contributed by atoms with E-state index in [2.05, 4.69) is 68.7 Å². The van der Waals surface area contributed by atoms with E-state index >= 15 is 0 Å². The van der Waals surface area contributed by atoms with Crippen LogP contribution in [0.5, 0.6) is 0 Å². The number of hydrogen-bond donors (Lipinski definition) is 3. The van der Waals surface area contributed by atoms with E-state index in [0.29, 0.717) is 31.4 Å². The predicted octanol–water partition coefficient (Wildman–Crippen LogP) is 5.87. The van der Waals surface area contributed by atoms with E-state index in [0.717, 1.165) is 40.3 Å². The Morgan fingerprint density at radius 3 is 2.08 bits per heavy atom. The first-order valence-electron chi connectivity index (χ1n) is 17.7. The average molecular weight is 676 g/mol. The van der Waals surface area contributed by atoms with Crippen LogP contribution in [0.4, 0.5) is 0 Å². The van der Waals surface area contributed by atoms with Crippen LogP contribution in [0.3, 0.4) is 0 Å². The molecule has 1 aliphatic heterocycles. The van der Waals surface area contributed by atoms with E-state index in [1.807, 2.05) is 54.6 Å². The molecule has 2 atom stereocenters. The van der Waals surface area contributed by atoms with Gasteiger partial charge < -0.3 is 26.2 Å². The quantitative estimate of drug-likeness (QED) is 0.174. The standard InChI is InChI=1S/C42H53N5O3/c1-41(2)26-35(27-42(3,4)45-41)44-38(48)37(25-29-13-8-7-9-14-29)47(6)40(50)36(46(5)39(49)34-18-12-15-31(24-34)28-43)22-20-30-19-21-32-16-10-11-17-33(32)23-30/h7-19,21,23-24,35-37,45H,20,22,25-28,43H2,1-6H3,(H,44,48)/t36?,37-/m1/s1. The zero-order valence-electron chi connectivity index (χ0n) is 30.4. The Morgan fingerprint density at radius 2 is 1.40 bits per heavy atom. The molecule has 50 heavy (non-hydrogen) atoms. The van der Waals surface area contributed by atoms with E-state index in [-0.39, 0.29) is 34.8 Å². The molecule has 0 spiro atoms. The number of nitrogens with zero attached hydrogens (tertiary/aromatic N) is 2. The van der Waals surface area contributed by atoms with Crippen molar-refractivity contribution >= 4 is 28.5 Å². The number of benzene rings is 4. The summed E-state index contributed by atoms with van der Waals surface area (Å²) in [4.78, 5) is 46.1. The second-order valence-electron chi connectivity index (χ2n) is 15.2. The van der Waals surface area contributed by atoms with Crippen LogP contribution < -0.4 is 16.4 Å². The highest BCUT2D eigenvalue weighted by atomic mass is 16.2. The van der Waals surface area contributed by atoms with Crippen LogP contribution in [-0.4, -0.2) is 70.8 Å². The Morgan fingerprint density at radius 1 is 0.760 bits per heavy atom. The van der Waals surface area contributed by atoms with Crippen molar-refractivity contribution in [2.75, 3.05) is 14.1 Å². The predicted molar refractivity (Wildman–Crippen MR) is 202 cm³/mol. The van der Waals surface area contributed by atoms with Crippen LogP contribution >= 0.6 is 0 Å². The van der Waals surface area contributed by atoms with Crippen LogP contribution in [0, 0.1) is 0 Å². The van der Waals surface area contributed by atoms with Gasteiger partial charge in [0.25, 0.3) is 5.91 Å². The van der Waals surface area contributed by atoms with Crippen molar-refractivity contribution in [2.24, 2.45) is 5.73 Å². The third kappa shape index (κ3) is 9.17. The van der Waals surface area contributed by atoms with Gasteiger partial charge in [-0.1, -0.05) is 84.9 Å². The monoisotopic (exact) mass is 675 g/mol. The van der Waals surface area contributed by atoms with Gasteiger partial charge in [0.2, 0.25) is 11.8 Å². The van der Waals surface area contributed by atoms with E-state index < -0.39 is 12.1 Å². The van der Waals surface area contributed by atoms with Gasteiger partial charge in [-0.15, -0.1) is 0 Å². The Bertz CT molecular complexity index is 1790. The number of fused-ring (bicyclic) bond motifs is 1. The number of amides is 3. The number of rotatable bonds is 12. The highest BCUT2D eigenvalue weighted by molar-refractivity contribution is 5.98. The van der Waals surface area contributed by atoms with Gasteiger partial charge in [-0.25, -0.2) is 0 Å². The minimum Gasteiger partial charge on any atom is -0.351 e. The fourth-order valence-corrected chi connectivity index (χ4v) is 7.71. The van der Waals surface area contributed by atoms with Gasteiger partial charge in [0, 0.05) is 49.7 Å². The summed E-state index contributed by atoms with van der Waals surface area (Å²) in [6.07, 6.45) is 2.85. The maximum atomic E-state index is 14.7. The smallest absolute Gasteiger partial charge is 0.254 e. The van der Waals surface area contributed by atoms with Crippen LogP contribution in [0.2, 0.25) is 0 Å². The molecule has 0 saturated carbocycles. The first-order valence-corrected chi connectivity index (χ1v) is 17.7. The third-order valence-electron chi connectivity index (χ3n) is 9.93. The molecule has 0 aromatic heterocycles. The number of hydrogen-bond acceptors (Lipinski definition) is 5. The second kappa shape index (κ2) is 15.6. The van der Waals surface area contributed by atoms with Crippen LogP contribution in [0.15, 0.2) is 97.1 Å². The molecule has 1 aliphatic rings. The van der Waals surface area contributed by atoms with Crippen molar-refractivity contribution < 1.29 is 14.4 Å². The van der Waals surface area contributed by atoms with Gasteiger partial charge >= 0.3 is 0 Å². The molecule has 1 heterocycles. The third-order valence-corrected chi connectivity index (χ3v) is 9.93. The van der Waals surface area contributed by atoms with Gasteiger partial charge in [-0.2, -0.15) is 0 Å². The number of carbonyl (C=O) groups is 3. The van der Waals surface area contributed by atoms with Gasteiger partial charge in [-0.3, -0.25) is 14.4 Å². The van der Waals surface area contributed by atoms with Gasteiger partial charge in [0.1, 0.15) is 12.1 Å². The Balaban J connectivity index is 1.45. The Kier molecular flexibility index (Phi) is 11.4. The minimum atomic E-state index is -0.816. The molecule has 1 unspecified atom stereocenters. The lowest BCUT2D eigenvalue weighted by Crippen LogP contribution is -2.63. The topological polar surface area (TPSA) is 108 Å². The molecule has 0 radical (unpaired) electrons. The molecule has 0 aliphatic carbocycles. The van der Waals surface area contributed by atoms with Crippen molar-refractivity contribution in [3.05, 3.63) is 119 Å². The molecule has 1 fully saturated rings. The van der Waals surface area contributed by atoms with Gasteiger partial charge in [0.05, 0.1) is 0 Å². The lowest BCUT2D eigenvalue weighted by atomic mass is 9.79. The van der Waals surface area contributed by atoms with E-state index in [1.54, 1.807) is 31.1 Å². The number of aryl methyl sites for hydroxylation is 1. The van der Waals surface area contributed by atoms with E-state index in [9.17, 15) is 14.4 Å². The molecule has 8 nitrogen and oxygen atoms in total. The fraction of sp³-hybridized carbons (Fsp3) is 0.405. The average Bonchev–Trinajstić information content (AvgIpc) is 3.08. The lowest BCUT2D eigenvalue weighted by molar-refractivity contribution is -0.142. The number of carbonyl (C=O) groups excluding carboxylic acids is 3. The second-order valence-corrected chi connectivity index (χ2v) is 15.2. The Labute approximate surface area is 297 Å². The molecular formula is C42H53N5O3. The maximum absolute atomic E-state index is 14.7. The summed E-state index contributed by atoms with van der Waals surface area (Å²) in [7, 11) is 3.38. The highest BCUT2D eigenvalue weighted by Crippen LogP contribution is 2.29. The summed E-state index contributed by atoms with van der Waals surface area (Å²) in [5.41, 5.74) is 8.91. The van der Waals surface area contributed by atoms with Crippen LogP contribution in [0.1, 0.15) is 74.0 Å². The van der Waals surface area contributed by atoms with Crippen LogP contribution in [0.25, 0.3) is 10.8 Å². The van der Waals surface area contributed by atoms with Crippen molar-refractivity contribution in [2.45, 2.75) is 95.5 Å². The molecule has 4 aromatic rings. The summed E-state index contributed by atoms with van der Waals surface area (Å²) in [5, 5.41) is 9.27. The summed E-state index contributed by atoms with van der Waals surface area (Å²) >= 11 is 0. The number of piperidine rings is 1. The van der Waals surface area contributed by atoms with Crippen LogP contribution in [-0.2, 0) is 29.0 Å². The number of likely N-dealkylation sites (N-methyl/N-ethyl adjacent to an activating group) is 2. The highest BCUT2D eigenvalue weighted by Gasteiger charge is 2.40. The molecule has 0 bridgehead atoms. The SMILES string of the molecule is CN(C(=O)c1cccc(CN)c1)C(CCc1ccc2ccccc2c1)C(=O)N(C)[C@H](Cc1ccccc1)C(=O)NC1CC(C)(C)NC(C)(C)C1. The van der Waals surface area contributed by atoms with E-state index in [1.165, 1.54) is 4.90 Å². The molecule has 4 aromatic carbocycles. The van der Waals surface area contributed by atoms with Gasteiger partial charge in [-0.05, 0) is 93.0 Å². The minimum absolute atomic E-state index is 0.0571. The molecular weight excluding hydrogens is 622 g/mol. The largest absolute Gasteiger partial charge is 0.351 e. The molecule has 1 saturated heterocycles. The molecule has 4 N–H and O–H groups in total. The van der Waals surface area contributed by atoms with Gasteiger partial charge in [0.15, 0.2) is 0 Å². The molecule has 264 valence electrons. The van der Waals surface area contributed by atoms with Crippen molar-refractivity contribution in [3.8, 4) is 0 Å². The molecule has 3 amide bonds. The first kappa shape index (κ1) is 36.7. The Hall–Kier alpha value is -4.53. The zero-order chi connectivity index (χ0) is 36.1. The number of nitrogens with two attached hydrogens (primary N) is 1. The molecule has 8 heteroatoms. The summed E-state index contributed by atoms with van der Waals surface area (Å²) < 4.78 is 0. The normalized spacial score (nSPS) is 16.7. The zero-order valence-corrected chi connectivity index (χ0v) is 30.4. The first-order chi connectivity index (χ1) is 23.7. The van der Waals surface area contributed by atoms with Crippen molar-refractivity contribution in [1.29, 1.82) is 0 Å². The fourth-order valence-electron chi connectivity index (χ4n) is 7.71. The van der Waals surface area contributed by atoms with Crippen molar-refractivity contribution in [1.82, 2.24) is 20.4 Å². The van der Waals surface area contributed by atoms with Crippen molar-refractivity contribution in [3.63, 3.8) is 0 Å². The summed E-state index contributed by atoms with van der Waals surface area (Å²) in [6.45, 7) is 8.92. The summed E-state index contributed by atoms with van der Waals surface area (Å²) in [6, 6.07) is 29.8. The maximum Gasteiger partial charge on any atom is 0.254 e. The molecule has 5 rings (SSSR count). The summed E-state index contributed by atoms with van der Waals surface area (Å²) in [5.74, 6) is -0.742. The number of nitrogens with one attached hydrogen (secondary N) is 2. The lowest BCUT2D eigenvalue weighted by Gasteiger charge is -2.47. The van der Waals surface area contributed by atoms with E-state index in [4.69, 9.17) is 5.73 Å².